The molecule has 5 heterocycles. The maximum Gasteiger partial charge on any atom is 0.187 e. The standard InChI is InChI=1S/C30H52O26/c31-1-6-11(35)16(40)21(45)27(50-6)54-23-18(42)15(39)10(49-26(23)47)5-48-29-24(19(43)13(37)8(3-33)52-29)56-30-25(20(44)14(38)9(4-34)53-30)55-28-22(46)17(41)12(36)7(2-32)51-28/h6-47H,1-5H2/t6-,7-,8-,9-,10-,11-,12-,13-,14-,15-,16+,17+,18+,19+,20+,21+,22+,23+,24+,25+,26+,27-,28+,29+,30-/m1/s1. The maximum atomic E-state index is 11.1. The van der Waals surface area contributed by atoms with Gasteiger partial charge in [0.1, 0.15) is 122 Å². The minimum absolute atomic E-state index is 0.820. The number of ether oxygens (including phenoxy) is 9. The maximum absolute atomic E-state index is 11.1. The second-order valence-electron chi connectivity index (χ2n) is 14.0. The molecular formula is C30H52O26. The van der Waals surface area contributed by atoms with Gasteiger partial charge in [0.2, 0.25) is 0 Å². The lowest BCUT2D eigenvalue weighted by Gasteiger charge is -2.48. The van der Waals surface area contributed by atoms with E-state index in [0.29, 0.717) is 0 Å². The minimum atomic E-state index is -2.11. The van der Waals surface area contributed by atoms with Crippen LogP contribution in [0.15, 0.2) is 0 Å². The third-order valence-corrected chi connectivity index (χ3v) is 10.3. The van der Waals surface area contributed by atoms with Gasteiger partial charge in [0.25, 0.3) is 0 Å². The average molecular weight is 829 g/mol. The third-order valence-electron chi connectivity index (χ3n) is 10.3. The molecule has 17 N–H and O–H groups in total. The molecule has 328 valence electrons. The Morgan fingerprint density at radius 3 is 1.07 bits per heavy atom. The molecule has 0 unspecified atom stereocenters. The van der Waals surface area contributed by atoms with Gasteiger partial charge >= 0.3 is 0 Å². The fraction of sp³-hybridized carbons (Fsp3) is 1.00. The van der Waals surface area contributed by atoms with Crippen LogP contribution in [0.25, 0.3) is 0 Å². The lowest BCUT2D eigenvalue weighted by molar-refractivity contribution is -0.396. The van der Waals surface area contributed by atoms with Crippen molar-refractivity contribution in [3.63, 3.8) is 0 Å². The van der Waals surface area contributed by atoms with Crippen molar-refractivity contribution in [2.45, 2.75) is 154 Å². The first-order valence-corrected chi connectivity index (χ1v) is 17.6. The minimum Gasteiger partial charge on any atom is -0.394 e. The first-order chi connectivity index (χ1) is 26.5. The zero-order chi connectivity index (χ0) is 41.3. The van der Waals surface area contributed by atoms with Crippen molar-refractivity contribution in [3.05, 3.63) is 0 Å². The van der Waals surface area contributed by atoms with Gasteiger partial charge in [-0.1, -0.05) is 0 Å². The zero-order valence-corrected chi connectivity index (χ0v) is 29.2. The molecule has 26 nitrogen and oxygen atoms in total. The van der Waals surface area contributed by atoms with Gasteiger partial charge in [-0.3, -0.25) is 0 Å². The van der Waals surface area contributed by atoms with Gasteiger partial charge < -0.3 is 129 Å². The summed E-state index contributed by atoms with van der Waals surface area (Å²) in [4.78, 5) is 0. The van der Waals surface area contributed by atoms with Crippen molar-refractivity contribution in [3.8, 4) is 0 Å². The first kappa shape index (κ1) is 46.0. The molecular weight excluding hydrogens is 776 g/mol. The number of aliphatic hydroxyl groups excluding tert-OH is 17. The Morgan fingerprint density at radius 2 is 0.625 bits per heavy atom. The van der Waals surface area contributed by atoms with Gasteiger partial charge in [0.05, 0.1) is 33.0 Å². The van der Waals surface area contributed by atoms with Gasteiger partial charge in [-0.2, -0.15) is 0 Å². The van der Waals surface area contributed by atoms with Crippen LogP contribution < -0.4 is 0 Å². The summed E-state index contributed by atoms with van der Waals surface area (Å²) < 4.78 is 49.5. The number of hydrogen-bond donors (Lipinski definition) is 17. The molecule has 26 heteroatoms. The van der Waals surface area contributed by atoms with Crippen molar-refractivity contribution < 1.29 is 129 Å². The molecule has 25 atom stereocenters. The van der Waals surface area contributed by atoms with E-state index >= 15 is 0 Å². The molecule has 0 saturated carbocycles. The molecule has 0 aromatic rings. The van der Waals surface area contributed by atoms with E-state index in [1.54, 1.807) is 0 Å². The Kier molecular flexibility index (Phi) is 16.1. The number of rotatable bonds is 13. The largest absolute Gasteiger partial charge is 0.394 e. The molecule has 0 bridgehead atoms. The molecule has 0 radical (unpaired) electrons. The number of aliphatic hydroxyl groups is 17. The summed E-state index contributed by atoms with van der Waals surface area (Å²) >= 11 is 0. The topological polar surface area (TPSA) is 427 Å². The van der Waals surface area contributed by atoms with E-state index in [0.717, 1.165) is 0 Å². The molecule has 5 fully saturated rings. The molecule has 0 aromatic carbocycles. The van der Waals surface area contributed by atoms with Crippen molar-refractivity contribution in [1.29, 1.82) is 0 Å². The SMILES string of the molecule is OC[C@H]1O[C@@H](O[C@@H]2[C@@H](O[C@@H]3[C@@H](OC[C@H]4O[C@H](O)[C@@H](O[C@H]5O[C@H](CO)[C@@H](O)[C@H](O)[C@@H]5O)[C@@H](O)[C@@H]4O)O[C@H](CO)[C@@H](O)[C@@H]3O)O[C@H](CO)[C@@H](O)[C@@H]2O)[C@@H](O)[C@@H](O)[C@@H]1O. The summed E-state index contributed by atoms with van der Waals surface area (Å²) in [6, 6.07) is 0. The Hall–Kier alpha value is -1.04. The van der Waals surface area contributed by atoms with Gasteiger partial charge in [0.15, 0.2) is 31.5 Å². The fourth-order valence-electron chi connectivity index (χ4n) is 6.87. The second-order valence-corrected chi connectivity index (χ2v) is 14.0. The lowest BCUT2D eigenvalue weighted by Crippen LogP contribution is -2.67. The highest BCUT2D eigenvalue weighted by molar-refractivity contribution is 4.97. The Morgan fingerprint density at radius 1 is 0.304 bits per heavy atom. The summed E-state index contributed by atoms with van der Waals surface area (Å²) in [5, 5.41) is 176. The van der Waals surface area contributed by atoms with Crippen molar-refractivity contribution in [2.24, 2.45) is 0 Å². The summed E-state index contributed by atoms with van der Waals surface area (Å²) in [7, 11) is 0. The second kappa shape index (κ2) is 19.6. The van der Waals surface area contributed by atoms with Gasteiger partial charge in [-0.15, -0.1) is 0 Å². The molecule has 5 aliphatic rings. The first-order valence-electron chi connectivity index (χ1n) is 17.6. The fourth-order valence-corrected chi connectivity index (χ4v) is 6.87. The molecule has 0 spiro atoms. The molecule has 5 aliphatic heterocycles. The quantitative estimate of drug-likeness (QED) is 0.0819. The van der Waals surface area contributed by atoms with Crippen LogP contribution in [0, 0.1) is 0 Å². The van der Waals surface area contributed by atoms with Crippen LogP contribution in [0.2, 0.25) is 0 Å². The van der Waals surface area contributed by atoms with Gasteiger partial charge in [0, 0.05) is 0 Å². The zero-order valence-electron chi connectivity index (χ0n) is 29.2. The monoisotopic (exact) mass is 828 g/mol. The normalized spacial score (nSPS) is 53.2. The third kappa shape index (κ3) is 9.31. The Labute approximate surface area is 316 Å². The van der Waals surface area contributed by atoms with E-state index in [1.807, 2.05) is 0 Å². The van der Waals surface area contributed by atoms with Crippen molar-refractivity contribution >= 4 is 0 Å². The summed E-state index contributed by atoms with van der Waals surface area (Å²) in [5.74, 6) is 0. The van der Waals surface area contributed by atoms with Crippen LogP contribution in [0.1, 0.15) is 0 Å². The molecule has 0 aliphatic carbocycles. The number of hydrogen-bond acceptors (Lipinski definition) is 26. The van der Waals surface area contributed by atoms with Crippen LogP contribution in [0.4, 0.5) is 0 Å². The Bertz CT molecular complexity index is 1200. The smallest absolute Gasteiger partial charge is 0.187 e. The van der Waals surface area contributed by atoms with E-state index in [9.17, 15) is 86.8 Å². The summed E-state index contributed by atoms with van der Waals surface area (Å²) in [5.41, 5.74) is 0. The van der Waals surface area contributed by atoms with Crippen molar-refractivity contribution in [1.82, 2.24) is 0 Å². The molecule has 0 amide bonds. The molecule has 5 saturated heterocycles. The molecule has 5 rings (SSSR count). The lowest BCUT2D eigenvalue weighted by atomic mass is 9.96. The van der Waals surface area contributed by atoms with Crippen LogP contribution in [0.5, 0.6) is 0 Å². The predicted molar refractivity (Wildman–Crippen MR) is 167 cm³/mol. The van der Waals surface area contributed by atoms with E-state index in [4.69, 9.17) is 42.6 Å². The van der Waals surface area contributed by atoms with Crippen LogP contribution >= 0.6 is 0 Å². The molecule has 0 aromatic heterocycles. The highest BCUT2D eigenvalue weighted by atomic mass is 16.8. The average Bonchev–Trinajstić information content (AvgIpc) is 3.18. The van der Waals surface area contributed by atoms with Crippen LogP contribution in [-0.4, -0.2) is 273 Å². The molecule has 56 heavy (non-hydrogen) atoms. The highest BCUT2D eigenvalue weighted by Gasteiger charge is 2.55. The van der Waals surface area contributed by atoms with E-state index in [1.165, 1.54) is 0 Å². The van der Waals surface area contributed by atoms with Gasteiger partial charge in [-0.25, -0.2) is 0 Å². The van der Waals surface area contributed by atoms with E-state index < -0.39 is 187 Å². The van der Waals surface area contributed by atoms with Crippen LogP contribution in [0.3, 0.4) is 0 Å². The highest BCUT2D eigenvalue weighted by Crippen LogP contribution is 2.34. The van der Waals surface area contributed by atoms with E-state index in [-0.39, 0.29) is 0 Å². The van der Waals surface area contributed by atoms with Crippen LogP contribution in [-0.2, 0) is 42.6 Å². The predicted octanol–water partition coefficient (Wildman–Crippen LogP) is -11.9. The van der Waals surface area contributed by atoms with Crippen molar-refractivity contribution in [2.75, 3.05) is 33.0 Å². The van der Waals surface area contributed by atoms with E-state index in [2.05, 4.69) is 0 Å². The summed E-state index contributed by atoms with van der Waals surface area (Å²) in [6.07, 6.45) is -46.4. The Balaban J connectivity index is 1.31. The van der Waals surface area contributed by atoms with Gasteiger partial charge in [-0.05, 0) is 0 Å². The summed E-state index contributed by atoms with van der Waals surface area (Å²) in [6.45, 7) is -4.34.